The lowest BCUT2D eigenvalue weighted by molar-refractivity contribution is -0.137. The summed E-state index contributed by atoms with van der Waals surface area (Å²) in [7, 11) is -4.49. The molecule has 0 bridgehead atoms. The van der Waals surface area contributed by atoms with Gasteiger partial charge >= 0.3 is 6.18 Å². The van der Waals surface area contributed by atoms with Crippen LogP contribution in [-0.2, 0) is 16.2 Å². The van der Waals surface area contributed by atoms with Crippen molar-refractivity contribution in [3.8, 4) is 0 Å². The number of hydrogen-bond acceptors (Lipinski definition) is 5. The van der Waals surface area contributed by atoms with Gasteiger partial charge in [0.2, 0.25) is 0 Å². The number of anilines is 2. The van der Waals surface area contributed by atoms with Crippen LogP contribution in [0.4, 0.5) is 24.0 Å². The molecule has 1 N–H and O–H groups in total. The monoisotopic (exact) mass is 565 g/mol. The summed E-state index contributed by atoms with van der Waals surface area (Å²) in [4.78, 5) is 16.8. The van der Waals surface area contributed by atoms with Crippen molar-refractivity contribution in [2.45, 2.75) is 18.0 Å². The zero-order valence-electron chi connectivity index (χ0n) is 19.2. The Kier molecular flexibility index (Phi) is 7.31. The summed E-state index contributed by atoms with van der Waals surface area (Å²) < 4.78 is 68.5. The van der Waals surface area contributed by atoms with E-state index in [1.807, 2.05) is 25.1 Å². The Bertz CT molecular complexity index is 1620. The molecule has 4 rings (SSSR count). The fourth-order valence-electron chi connectivity index (χ4n) is 3.51. The SMILES string of the molecule is C=CCN(c1cccc(C(F)(F)F)c1)S(=O)(=O)c1cc(C(=O)Nc2nc3ccc(C)cc3s2)ccc1Cl. The minimum absolute atomic E-state index is 0.0268. The summed E-state index contributed by atoms with van der Waals surface area (Å²) in [5.74, 6) is -0.627. The number of amides is 1. The molecule has 1 aromatic heterocycles. The summed E-state index contributed by atoms with van der Waals surface area (Å²) >= 11 is 7.46. The second kappa shape index (κ2) is 10.2. The molecule has 0 atom stereocenters. The number of sulfonamides is 1. The number of benzene rings is 3. The predicted molar refractivity (Wildman–Crippen MR) is 140 cm³/mol. The van der Waals surface area contributed by atoms with Crippen molar-refractivity contribution in [2.75, 3.05) is 16.2 Å². The second-order valence-corrected chi connectivity index (χ2v) is 11.2. The second-order valence-electron chi connectivity index (χ2n) is 7.96. The number of carbonyl (C=O) groups excluding carboxylic acids is 1. The normalized spacial score (nSPS) is 11.9. The van der Waals surface area contributed by atoms with E-state index in [1.165, 1.54) is 35.6 Å². The third kappa shape index (κ3) is 5.63. The number of fused-ring (bicyclic) bond motifs is 1. The predicted octanol–water partition coefficient (Wildman–Crippen LogP) is 6.91. The molecule has 0 spiro atoms. The molecule has 0 saturated heterocycles. The molecule has 6 nitrogen and oxygen atoms in total. The van der Waals surface area contributed by atoms with Gasteiger partial charge in [0.05, 0.1) is 33.0 Å². The summed E-state index contributed by atoms with van der Waals surface area (Å²) in [6.45, 7) is 5.11. The van der Waals surface area contributed by atoms with Crippen molar-refractivity contribution >= 4 is 59.9 Å². The zero-order chi connectivity index (χ0) is 27.0. The van der Waals surface area contributed by atoms with Gasteiger partial charge in [0, 0.05) is 5.56 Å². The molecule has 0 radical (unpaired) electrons. The van der Waals surface area contributed by atoms with Crippen molar-refractivity contribution in [2.24, 2.45) is 0 Å². The Hall–Kier alpha value is -3.41. The van der Waals surface area contributed by atoms with Gasteiger partial charge < -0.3 is 0 Å². The van der Waals surface area contributed by atoms with E-state index in [2.05, 4.69) is 16.9 Å². The van der Waals surface area contributed by atoms with Crippen molar-refractivity contribution in [3.63, 3.8) is 0 Å². The molecule has 3 aromatic carbocycles. The van der Waals surface area contributed by atoms with Crippen LogP contribution in [0.15, 0.2) is 78.2 Å². The molecule has 0 aliphatic heterocycles. The summed E-state index contributed by atoms with van der Waals surface area (Å²) in [5.41, 5.74) is 0.462. The lowest BCUT2D eigenvalue weighted by atomic mass is 10.2. The first-order chi connectivity index (χ1) is 17.4. The van der Waals surface area contributed by atoms with Crippen LogP contribution < -0.4 is 9.62 Å². The molecule has 0 fully saturated rings. The molecule has 0 unspecified atom stereocenters. The van der Waals surface area contributed by atoms with Gasteiger partial charge in [-0.2, -0.15) is 13.2 Å². The highest BCUT2D eigenvalue weighted by Gasteiger charge is 2.33. The number of aromatic nitrogens is 1. The van der Waals surface area contributed by atoms with Gasteiger partial charge in [-0.3, -0.25) is 14.4 Å². The first-order valence-corrected chi connectivity index (χ1v) is 13.3. The van der Waals surface area contributed by atoms with Crippen LogP contribution in [0.25, 0.3) is 10.2 Å². The van der Waals surface area contributed by atoms with Crippen LogP contribution in [-0.4, -0.2) is 25.9 Å². The maximum atomic E-state index is 13.6. The zero-order valence-corrected chi connectivity index (χ0v) is 21.6. The van der Waals surface area contributed by atoms with Crippen molar-refractivity contribution in [3.05, 3.63) is 95.0 Å². The average molecular weight is 566 g/mol. The highest BCUT2D eigenvalue weighted by Crippen LogP contribution is 2.35. The first kappa shape index (κ1) is 26.6. The van der Waals surface area contributed by atoms with E-state index in [-0.39, 0.29) is 22.8 Å². The molecule has 1 amide bonds. The fourth-order valence-corrected chi connectivity index (χ4v) is 6.40. The summed E-state index contributed by atoms with van der Waals surface area (Å²) in [6, 6.07) is 13.2. The van der Waals surface area contributed by atoms with Crippen LogP contribution in [0.2, 0.25) is 5.02 Å². The Morgan fingerprint density at radius 2 is 1.92 bits per heavy atom. The molecular formula is C25H19ClF3N3O3S2. The minimum Gasteiger partial charge on any atom is -0.298 e. The lowest BCUT2D eigenvalue weighted by Crippen LogP contribution is -2.32. The molecular weight excluding hydrogens is 547 g/mol. The fraction of sp³-hybridized carbons (Fsp3) is 0.120. The molecule has 0 aliphatic rings. The molecule has 0 aliphatic carbocycles. The number of aryl methyl sites for hydroxylation is 1. The number of rotatable bonds is 7. The number of thiazole rings is 1. The quantitative estimate of drug-likeness (QED) is 0.247. The number of halogens is 4. The van der Waals surface area contributed by atoms with Gasteiger partial charge in [0.25, 0.3) is 15.9 Å². The Morgan fingerprint density at radius 3 is 2.62 bits per heavy atom. The van der Waals surface area contributed by atoms with Gasteiger partial charge in [-0.05, 0) is 61.0 Å². The number of nitrogens with one attached hydrogen (secondary N) is 1. The van der Waals surface area contributed by atoms with E-state index in [1.54, 1.807) is 0 Å². The molecule has 1 heterocycles. The number of hydrogen-bond donors (Lipinski definition) is 1. The summed E-state index contributed by atoms with van der Waals surface area (Å²) in [6.07, 6.45) is -3.44. The van der Waals surface area contributed by atoms with Crippen LogP contribution in [0.3, 0.4) is 0 Å². The standard InChI is InChI=1S/C25H19ClF3N3O3S2/c1-3-11-32(18-6-4-5-17(14-18)25(27,28)29)37(34,35)22-13-16(8-9-19(22)26)23(33)31-24-30-20-10-7-15(2)12-21(20)36-24/h3-10,12-14H,1,11H2,2H3,(H,30,31,33). The van der Waals surface area contributed by atoms with Crippen LogP contribution in [0, 0.1) is 6.92 Å². The minimum atomic E-state index is -4.67. The van der Waals surface area contributed by atoms with E-state index in [0.29, 0.717) is 10.6 Å². The third-order valence-corrected chi connectivity index (χ3v) is 8.49. The van der Waals surface area contributed by atoms with Crippen LogP contribution in [0.1, 0.15) is 21.5 Å². The van der Waals surface area contributed by atoms with E-state index >= 15 is 0 Å². The summed E-state index contributed by atoms with van der Waals surface area (Å²) in [5, 5.41) is 2.77. The Balaban J connectivity index is 1.69. The first-order valence-electron chi connectivity index (χ1n) is 10.7. The van der Waals surface area contributed by atoms with Gasteiger partial charge in [-0.25, -0.2) is 13.4 Å². The third-order valence-electron chi connectivity index (χ3n) is 5.28. The smallest absolute Gasteiger partial charge is 0.298 e. The van der Waals surface area contributed by atoms with Gasteiger partial charge in [0.15, 0.2) is 5.13 Å². The van der Waals surface area contributed by atoms with Gasteiger partial charge in [-0.15, -0.1) is 6.58 Å². The topological polar surface area (TPSA) is 79.4 Å². The molecule has 12 heteroatoms. The highest BCUT2D eigenvalue weighted by atomic mass is 35.5. The van der Waals surface area contributed by atoms with E-state index < -0.39 is 32.6 Å². The largest absolute Gasteiger partial charge is 0.416 e. The van der Waals surface area contributed by atoms with Crippen molar-refractivity contribution in [1.82, 2.24) is 4.98 Å². The maximum absolute atomic E-state index is 13.6. The maximum Gasteiger partial charge on any atom is 0.416 e. The Labute approximate surface area is 220 Å². The van der Waals surface area contributed by atoms with Gasteiger partial charge in [-0.1, -0.05) is 41.1 Å². The molecule has 4 aromatic rings. The average Bonchev–Trinajstić information content (AvgIpc) is 3.23. The van der Waals surface area contributed by atoms with Crippen LogP contribution in [0.5, 0.6) is 0 Å². The van der Waals surface area contributed by atoms with Gasteiger partial charge in [0.1, 0.15) is 4.90 Å². The van der Waals surface area contributed by atoms with Crippen molar-refractivity contribution in [1.29, 1.82) is 0 Å². The Morgan fingerprint density at radius 1 is 1.16 bits per heavy atom. The van der Waals surface area contributed by atoms with E-state index in [0.717, 1.165) is 38.8 Å². The number of nitrogens with zero attached hydrogens (tertiary/aromatic N) is 2. The molecule has 192 valence electrons. The number of carbonyl (C=O) groups is 1. The number of alkyl halides is 3. The highest BCUT2D eigenvalue weighted by molar-refractivity contribution is 7.93. The molecule has 0 saturated carbocycles. The van der Waals surface area contributed by atoms with Crippen LogP contribution >= 0.6 is 22.9 Å². The van der Waals surface area contributed by atoms with E-state index in [4.69, 9.17) is 11.6 Å². The van der Waals surface area contributed by atoms with E-state index in [9.17, 15) is 26.4 Å². The molecule has 37 heavy (non-hydrogen) atoms. The lowest BCUT2D eigenvalue weighted by Gasteiger charge is -2.24. The van der Waals surface area contributed by atoms with Crippen molar-refractivity contribution < 1.29 is 26.4 Å².